The summed E-state index contributed by atoms with van der Waals surface area (Å²) in [5.41, 5.74) is 0. The maximum Gasteiger partial charge on any atom is 0.217 e. The van der Waals surface area contributed by atoms with Crippen molar-refractivity contribution in [3.05, 3.63) is 35.3 Å². The van der Waals surface area contributed by atoms with E-state index >= 15 is 0 Å². The van der Waals surface area contributed by atoms with E-state index in [0.717, 1.165) is 17.5 Å². The fraction of sp³-hybridized carbons (Fsp3) is 0.462. The Labute approximate surface area is 115 Å². The van der Waals surface area contributed by atoms with Crippen LogP contribution in [0, 0.1) is 5.95 Å². The third-order valence-electron chi connectivity index (χ3n) is 3.48. The average molecular weight is 281 g/mol. The number of aromatic nitrogens is 4. The first kappa shape index (κ1) is 12.5. The van der Waals surface area contributed by atoms with Gasteiger partial charge in [0.15, 0.2) is 5.82 Å². The van der Waals surface area contributed by atoms with Gasteiger partial charge < -0.3 is 0 Å². The van der Waals surface area contributed by atoms with Gasteiger partial charge in [0.1, 0.15) is 11.0 Å². The molecule has 0 bridgehead atoms. The Morgan fingerprint density at radius 2 is 2.00 bits per heavy atom. The predicted octanol–water partition coefficient (Wildman–Crippen LogP) is 3.50. The highest BCUT2D eigenvalue weighted by Gasteiger charge is 2.20. The zero-order valence-electron chi connectivity index (χ0n) is 10.4. The quantitative estimate of drug-likeness (QED) is 0.791. The summed E-state index contributed by atoms with van der Waals surface area (Å²) in [5, 5.41) is 4.24. The molecule has 0 aromatic carbocycles. The molecular formula is C13H14ClFN4. The molecule has 0 radical (unpaired) electrons. The second-order valence-corrected chi connectivity index (χ2v) is 5.19. The van der Waals surface area contributed by atoms with Crippen LogP contribution in [0.1, 0.15) is 43.8 Å². The van der Waals surface area contributed by atoms with Crippen LogP contribution in [0.4, 0.5) is 4.39 Å². The lowest BCUT2D eigenvalue weighted by Gasteiger charge is -2.20. The van der Waals surface area contributed by atoms with Crippen LogP contribution < -0.4 is 0 Å². The van der Waals surface area contributed by atoms with Gasteiger partial charge in [-0.25, -0.2) is 9.97 Å². The van der Waals surface area contributed by atoms with E-state index in [-0.39, 0.29) is 0 Å². The summed E-state index contributed by atoms with van der Waals surface area (Å²) in [4.78, 5) is 8.71. The topological polar surface area (TPSA) is 43.6 Å². The minimum Gasteiger partial charge on any atom is -0.221 e. The minimum atomic E-state index is -0.454. The first-order valence-corrected chi connectivity index (χ1v) is 6.86. The van der Waals surface area contributed by atoms with Crippen molar-refractivity contribution < 1.29 is 4.39 Å². The van der Waals surface area contributed by atoms with Crippen molar-refractivity contribution in [2.75, 3.05) is 0 Å². The molecule has 0 atom stereocenters. The standard InChI is InChI=1S/C13H14ClFN4/c14-10-8-12(19-11(15)6-7-16-19)18-13(17-10)9-4-2-1-3-5-9/h6-9H,1-5H2. The number of hydrogen-bond acceptors (Lipinski definition) is 3. The van der Waals surface area contributed by atoms with Crippen LogP contribution in [-0.2, 0) is 0 Å². The molecule has 0 spiro atoms. The summed E-state index contributed by atoms with van der Waals surface area (Å²) in [6.45, 7) is 0. The highest BCUT2D eigenvalue weighted by Crippen LogP contribution is 2.31. The lowest BCUT2D eigenvalue weighted by atomic mass is 9.89. The van der Waals surface area contributed by atoms with E-state index < -0.39 is 5.95 Å². The highest BCUT2D eigenvalue weighted by atomic mass is 35.5. The van der Waals surface area contributed by atoms with Crippen LogP contribution in [0.2, 0.25) is 5.15 Å². The third-order valence-corrected chi connectivity index (χ3v) is 3.68. The zero-order valence-corrected chi connectivity index (χ0v) is 11.1. The summed E-state index contributed by atoms with van der Waals surface area (Å²) in [6.07, 6.45) is 7.17. The van der Waals surface area contributed by atoms with Crippen molar-refractivity contribution in [1.29, 1.82) is 0 Å². The molecule has 6 heteroatoms. The third kappa shape index (κ3) is 2.61. The number of nitrogens with zero attached hydrogens (tertiary/aromatic N) is 4. The molecule has 0 saturated heterocycles. The van der Waals surface area contributed by atoms with Crippen LogP contribution in [-0.4, -0.2) is 19.7 Å². The molecule has 4 nitrogen and oxygen atoms in total. The normalized spacial score (nSPS) is 16.7. The molecule has 1 aliphatic rings. The van der Waals surface area contributed by atoms with Gasteiger partial charge in [-0.1, -0.05) is 30.9 Å². The van der Waals surface area contributed by atoms with Crippen LogP contribution in [0.5, 0.6) is 0 Å². The summed E-state index contributed by atoms with van der Waals surface area (Å²) in [5.74, 6) is 0.967. The highest BCUT2D eigenvalue weighted by molar-refractivity contribution is 6.29. The largest absolute Gasteiger partial charge is 0.221 e. The van der Waals surface area contributed by atoms with Gasteiger partial charge in [0.25, 0.3) is 0 Å². The number of halogens is 2. The first-order valence-electron chi connectivity index (χ1n) is 6.48. The fourth-order valence-electron chi connectivity index (χ4n) is 2.53. The molecule has 2 aromatic rings. The molecule has 100 valence electrons. The Morgan fingerprint density at radius 1 is 1.21 bits per heavy atom. The fourth-order valence-corrected chi connectivity index (χ4v) is 2.71. The molecule has 1 saturated carbocycles. The van der Waals surface area contributed by atoms with Crippen molar-refractivity contribution in [2.45, 2.75) is 38.0 Å². The van der Waals surface area contributed by atoms with E-state index in [9.17, 15) is 4.39 Å². The predicted molar refractivity (Wildman–Crippen MR) is 69.9 cm³/mol. The van der Waals surface area contributed by atoms with E-state index in [1.54, 1.807) is 0 Å². The van der Waals surface area contributed by atoms with E-state index in [4.69, 9.17) is 11.6 Å². The smallest absolute Gasteiger partial charge is 0.217 e. The molecule has 0 amide bonds. The Balaban J connectivity index is 1.98. The molecule has 0 aliphatic heterocycles. The van der Waals surface area contributed by atoms with Crippen LogP contribution >= 0.6 is 11.6 Å². The van der Waals surface area contributed by atoms with Gasteiger partial charge in [0.05, 0.1) is 6.20 Å². The number of hydrogen-bond donors (Lipinski definition) is 0. The van der Waals surface area contributed by atoms with Crippen molar-refractivity contribution >= 4 is 11.6 Å². The maximum atomic E-state index is 13.5. The van der Waals surface area contributed by atoms with Gasteiger partial charge in [0.2, 0.25) is 5.95 Å². The summed E-state index contributed by atoms with van der Waals surface area (Å²) in [6, 6.07) is 2.82. The molecular weight excluding hydrogens is 267 g/mol. The van der Waals surface area contributed by atoms with E-state index in [1.807, 2.05) is 0 Å². The van der Waals surface area contributed by atoms with E-state index in [0.29, 0.717) is 22.7 Å². The summed E-state index contributed by atoms with van der Waals surface area (Å²) >= 11 is 6.02. The Morgan fingerprint density at radius 3 is 2.68 bits per heavy atom. The maximum absolute atomic E-state index is 13.5. The van der Waals surface area contributed by atoms with Crippen LogP contribution in [0.15, 0.2) is 18.3 Å². The van der Waals surface area contributed by atoms with Gasteiger partial charge in [-0.15, -0.1) is 0 Å². The second-order valence-electron chi connectivity index (χ2n) is 4.81. The van der Waals surface area contributed by atoms with Crippen LogP contribution in [0.3, 0.4) is 0 Å². The Hall–Kier alpha value is -1.49. The molecule has 2 aromatic heterocycles. The Kier molecular flexibility index (Phi) is 3.46. The number of rotatable bonds is 2. The van der Waals surface area contributed by atoms with Crippen molar-refractivity contribution in [2.24, 2.45) is 0 Å². The van der Waals surface area contributed by atoms with Crippen LogP contribution in [0.25, 0.3) is 5.82 Å². The second kappa shape index (κ2) is 5.25. The van der Waals surface area contributed by atoms with Gasteiger partial charge >= 0.3 is 0 Å². The first-order chi connectivity index (χ1) is 9.24. The SMILES string of the molecule is Fc1ccnn1-c1cc(Cl)nc(C2CCCCC2)n1. The molecule has 2 heterocycles. The zero-order chi connectivity index (χ0) is 13.2. The van der Waals surface area contributed by atoms with Gasteiger partial charge in [-0.2, -0.15) is 14.2 Å². The van der Waals surface area contributed by atoms with E-state index in [2.05, 4.69) is 15.1 Å². The van der Waals surface area contributed by atoms with Crippen molar-refractivity contribution in [1.82, 2.24) is 19.7 Å². The average Bonchev–Trinajstić information content (AvgIpc) is 2.85. The van der Waals surface area contributed by atoms with Crippen molar-refractivity contribution in [3.8, 4) is 5.82 Å². The van der Waals surface area contributed by atoms with Crippen molar-refractivity contribution in [3.63, 3.8) is 0 Å². The lowest BCUT2D eigenvalue weighted by Crippen LogP contribution is -2.12. The van der Waals surface area contributed by atoms with Gasteiger partial charge in [0, 0.05) is 18.1 Å². The molecule has 1 aliphatic carbocycles. The molecule has 1 fully saturated rings. The molecule has 0 N–H and O–H groups in total. The van der Waals surface area contributed by atoms with Gasteiger partial charge in [-0.05, 0) is 12.8 Å². The molecule has 3 rings (SSSR count). The molecule has 19 heavy (non-hydrogen) atoms. The molecule has 0 unspecified atom stereocenters. The minimum absolute atomic E-state index is 0.324. The van der Waals surface area contributed by atoms with Gasteiger partial charge in [-0.3, -0.25) is 0 Å². The van der Waals surface area contributed by atoms with E-state index in [1.165, 1.54) is 37.6 Å². The summed E-state index contributed by atoms with van der Waals surface area (Å²) in [7, 11) is 0. The summed E-state index contributed by atoms with van der Waals surface area (Å²) < 4.78 is 14.7. The Bertz CT molecular complexity index is 578. The lowest BCUT2D eigenvalue weighted by molar-refractivity contribution is 0.427. The monoisotopic (exact) mass is 280 g/mol.